The minimum Gasteiger partial charge on any atom is -0.394 e. The van der Waals surface area contributed by atoms with Crippen LogP contribution >= 0.6 is 0 Å². The molecule has 0 aliphatic carbocycles. The van der Waals surface area contributed by atoms with Gasteiger partial charge in [-0.25, -0.2) is 0 Å². The molecule has 0 spiro atoms. The maximum Gasteiger partial charge on any atom is 0.245 e. The molecule has 2 aromatic carbocycles. The molecule has 0 unspecified atom stereocenters. The first kappa shape index (κ1) is 141. The Labute approximate surface area is 502 Å². The number of aliphatic hydroxyl groups is 1. The molecule has 1 aliphatic rings. The molecule has 3 rings (SSSR count). The molecule has 1 aliphatic heterocycles. The van der Waals surface area contributed by atoms with Crippen LogP contribution in [-0.2, 0) is 65.6 Å². The number of piperidine rings is 1. The number of carbonyl (C=O) groups excluding carboxylic acids is 11. The number of likely N-dealkylation sites (N-methyl/N-ethyl adjacent to an activating group) is 1. The number of rotatable bonds is 9. The third-order valence-electron chi connectivity index (χ3n) is 7.25. The minimum atomic E-state index is -0.494. The van der Waals surface area contributed by atoms with Gasteiger partial charge in [0.2, 0.25) is 17.7 Å². The highest BCUT2D eigenvalue weighted by molar-refractivity contribution is 5.89. The van der Waals surface area contributed by atoms with Crippen LogP contribution < -0.4 is 53.3 Å². The molecular weight excluding hydrogens is 1050 g/mol. The molecule has 1 fully saturated rings. The third kappa shape index (κ3) is 171. The molecule has 3 amide bonds. The number of nitrogens with zero attached hydrogens (tertiary/aromatic N) is 2. The van der Waals surface area contributed by atoms with Gasteiger partial charge in [-0.05, 0) is 102 Å². The summed E-state index contributed by atoms with van der Waals surface area (Å²) in [4.78, 5) is 103. The highest BCUT2D eigenvalue weighted by Gasteiger charge is 2.28. The lowest BCUT2D eigenvalue weighted by Crippen LogP contribution is -2.52. The van der Waals surface area contributed by atoms with Crippen LogP contribution in [0.4, 0.5) is 0 Å². The van der Waals surface area contributed by atoms with Crippen LogP contribution in [0.2, 0.25) is 0 Å². The molecular formula is C59H135N11O12. The molecule has 1 atom stereocenters. The monoisotopic (exact) mass is 1190 g/mol. The zero-order chi connectivity index (χ0) is 65.8. The molecule has 23 heteroatoms. The second-order valence-electron chi connectivity index (χ2n) is 14.8. The average molecular weight is 1190 g/mol. The fraction of sp³-hybridized carbons (Fsp3) is 0.576. The van der Waals surface area contributed by atoms with Gasteiger partial charge in [0.25, 0.3) is 0 Å². The van der Waals surface area contributed by atoms with E-state index in [1.807, 2.05) is 99.0 Å². The van der Waals surface area contributed by atoms with Crippen molar-refractivity contribution in [2.45, 2.75) is 161 Å². The Morgan fingerprint density at radius 1 is 0.537 bits per heavy atom. The Bertz CT molecular complexity index is 1200. The zero-order valence-electron chi connectivity index (χ0n) is 55.9. The molecule has 23 N–H and O–H groups in total. The van der Waals surface area contributed by atoms with Gasteiger partial charge in [0.15, 0.2) is 0 Å². The third-order valence-corrected chi connectivity index (χ3v) is 7.25. The van der Waals surface area contributed by atoms with E-state index in [2.05, 4.69) is 140 Å². The lowest BCUT2D eigenvalue weighted by Gasteiger charge is -2.31. The van der Waals surface area contributed by atoms with Crippen LogP contribution in [0.3, 0.4) is 0 Å². The van der Waals surface area contributed by atoms with Gasteiger partial charge in [0.05, 0.1) is 6.54 Å². The second-order valence-corrected chi connectivity index (χ2v) is 14.8. The van der Waals surface area contributed by atoms with Crippen LogP contribution in [0.1, 0.15) is 147 Å². The summed E-state index contributed by atoms with van der Waals surface area (Å²) in [6, 6.07) is 20.4. The Morgan fingerprint density at radius 2 is 0.768 bits per heavy atom. The van der Waals surface area contributed by atoms with E-state index in [4.69, 9.17) is 43.5 Å². The van der Waals surface area contributed by atoms with Crippen LogP contribution in [-0.4, -0.2) is 147 Å². The summed E-state index contributed by atoms with van der Waals surface area (Å²) in [6.07, 6.45) is 7.25. The summed E-state index contributed by atoms with van der Waals surface area (Å²) in [5.41, 5.74) is 16.3. The van der Waals surface area contributed by atoms with E-state index >= 15 is 0 Å². The topological polar surface area (TPSA) is 480 Å². The molecule has 2 aromatic rings. The van der Waals surface area contributed by atoms with Crippen molar-refractivity contribution in [3.63, 3.8) is 0 Å². The molecule has 0 aromatic heterocycles. The number of nitrogens with one attached hydrogen (secondary N) is 1. The summed E-state index contributed by atoms with van der Waals surface area (Å²) in [6.45, 7) is 53.9. The van der Waals surface area contributed by atoms with E-state index in [9.17, 15) is 14.4 Å². The molecule has 1 heterocycles. The molecule has 498 valence electrons. The van der Waals surface area contributed by atoms with Crippen molar-refractivity contribution in [1.82, 2.24) is 45.9 Å². The van der Waals surface area contributed by atoms with Crippen molar-refractivity contribution in [2.24, 2.45) is 35.0 Å². The van der Waals surface area contributed by atoms with Gasteiger partial charge >= 0.3 is 0 Å². The quantitative estimate of drug-likeness (QED) is 0.104. The van der Waals surface area contributed by atoms with Gasteiger partial charge in [-0.2, -0.15) is 0 Å². The fourth-order valence-corrected chi connectivity index (χ4v) is 4.02. The maximum atomic E-state index is 12.6. The van der Waals surface area contributed by atoms with Gasteiger partial charge in [-0.1, -0.05) is 150 Å². The highest BCUT2D eigenvalue weighted by atomic mass is 16.3. The number of carbonyl (C=O) groups is 11. The van der Waals surface area contributed by atoms with Crippen LogP contribution in [0.5, 0.6) is 0 Å². The lowest BCUT2D eigenvalue weighted by atomic mass is 10.0. The standard InChI is InChI=1S/C16H29N3O3.2C8H10.C5H12.C4H10.C3H8O.C2H6.C2H4.3CH5N.8CH2O.5H3N/c1-12(2)10-14(16(22)19-8-6-5-7-9-19)17-15(21)11-18(4)13(3)20;2*1-2-8-6-4-3-5-7-8;1-4-5(2)3;1-4(2)3;1-3(2)4;13*1-2;;;;;/h12,14H,5-11H2,1-4H3,(H,17,21);2*3-7H,2H2,1H3;5H,4H2,1-3H3;4H,1-3H3;3-4H,1-2H3;1-2H3;1-2H2;3*2H2,1H3;8*1H2;5*1H3/t14-;;;;;;;;;;;;;;;;;;;;;;;/m0......................./s1. The highest BCUT2D eigenvalue weighted by Crippen LogP contribution is 2.14. The molecule has 0 saturated carbocycles. The van der Waals surface area contributed by atoms with Crippen LogP contribution in [0.25, 0.3) is 0 Å². The number of likely N-dealkylation sites (tertiary alicyclic amines) is 1. The van der Waals surface area contributed by atoms with Gasteiger partial charge in [0.1, 0.15) is 60.4 Å². The summed E-state index contributed by atoms with van der Waals surface area (Å²) in [5.74, 6) is 1.58. The van der Waals surface area contributed by atoms with E-state index in [1.54, 1.807) is 20.9 Å². The van der Waals surface area contributed by atoms with Crippen LogP contribution in [0, 0.1) is 17.8 Å². The van der Waals surface area contributed by atoms with Crippen molar-refractivity contribution in [3.05, 3.63) is 84.9 Å². The molecule has 23 nitrogen and oxygen atoms in total. The number of aliphatic hydroxyl groups excluding tert-OH is 1. The molecule has 82 heavy (non-hydrogen) atoms. The number of hydrogen-bond donors (Lipinski definition) is 10. The fourth-order valence-electron chi connectivity index (χ4n) is 4.02. The van der Waals surface area contributed by atoms with E-state index in [-0.39, 0.29) is 61.1 Å². The van der Waals surface area contributed by atoms with Crippen molar-refractivity contribution in [2.75, 3.05) is 47.8 Å². The molecule has 1 saturated heterocycles. The minimum absolute atomic E-state index is 0. The Kier molecular flexibility index (Phi) is 272. The van der Waals surface area contributed by atoms with Gasteiger partial charge in [-0.15, -0.1) is 13.2 Å². The first-order valence-electron chi connectivity index (χ1n) is 25.0. The second kappa shape index (κ2) is 158. The normalized spacial score (nSPS) is 8.35. The number of amides is 3. The summed E-state index contributed by atoms with van der Waals surface area (Å²) in [7, 11) is 6.08. The SMILES string of the molecule is C=C.C=O.C=O.C=O.C=O.C=O.C=O.C=O.C=O.CC.CC(=O)N(C)CC(=O)N[C@@H](CC(C)C)C(=O)N1CCCCC1.CC(C)C.CC(C)O.CCC(C)C.CCc1ccccc1.CCc1ccccc1.CN.CN.CN.N.N.N.N.N. The predicted octanol–water partition coefficient (Wildman–Crippen LogP) is 9.49. The summed E-state index contributed by atoms with van der Waals surface area (Å²) < 4.78 is 0. The van der Waals surface area contributed by atoms with Gasteiger partial charge in [0, 0.05) is 33.2 Å². The van der Waals surface area contributed by atoms with E-state index < -0.39 is 6.04 Å². The van der Waals surface area contributed by atoms with Gasteiger partial charge < -0.3 is 107 Å². The number of nitrogens with two attached hydrogens (primary N) is 3. The van der Waals surface area contributed by atoms with E-state index in [1.165, 1.54) is 50.5 Å². The Balaban J connectivity index is -0.0000000281. The first-order valence-corrected chi connectivity index (χ1v) is 25.0. The van der Waals surface area contributed by atoms with Crippen molar-refractivity contribution in [1.29, 1.82) is 0 Å². The average Bonchev–Trinajstić information content (AvgIpc) is 3.50. The first-order chi connectivity index (χ1) is 36.9. The largest absolute Gasteiger partial charge is 0.394 e. The predicted molar refractivity (Wildman–Crippen MR) is 355 cm³/mol. The lowest BCUT2D eigenvalue weighted by molar-refractivity contribution is -0.138. The molecule has 0 bridgehead atoms. The summed E-state index contributed by atoms with van der Waals surface area (Å²) in [5, 5.41) is 10.9. The van der Waals surface area contributed by atoms with Crippen molar-refractivity contribution < 1.29 is 57.8 Å². The number of aryl methyl sites for hydroxylation is 2. The smallest absolute Gasteiger partial charge is 0.245 e. The van der Waals surface area contributed by atoms with E-state index in [0.29, 0.717) is 12.3 Å². The molecule has 0 radical (unpaired) electrons. The zero-order valence-corrected chi connectivity index (χ0v) is 55.9. The number of hydrogen-bond acceptors (Lipinski definition) is 20. The van der Waals surface area contributed by atoms with Gasteiger partial charge in [-0.3, -0.25) is 14.4 Å². The summed E-state index contributed by atoms with van der Waals surface area (Å²) >= 11 is 0. The van der Waals surface area contributed by atoms with Crippen LogP contribution in [0.15, 0.2) is 73.8 Å². The Morgan fingerprint density at radius 3 is 0.939 bits per heavy atom. The van der Waals surface area contributed by atoms with Crippen molar-refractivity contribution in [3.8, 4) is 0 Å². The Hall–Kier alpha value is -6.41. The van der Waals surface area contributed by atoms with Crippen molar-refractivity contribution >= 4 is 72.0 Å². The number of benzene rings is 2. The maximum absolute atomic E-state index is 12.6. The van der Waals surface area contributed by atoms with E-state index in [0.717, 1.165) is 57.0 Å².